The Balaban J connectivity index is 1.21. The van der Waals surface area contributed by atoms with Gasteiger partial charge in [-0.15, -0.1) is 0 Å². The predicted molar refractivity (Wildman–Crippen MR) is 176 cm³/mol. The fourth-order valence-corrected chi connectivity index (χ4v) is 4.59. The van der Waals surface area contributed by atoms with Crippen molar-refractivity contribution < 1.29 is 32.9 Å². The number of hydrogen-bond acceptors (Lipinski definition) is 9. The lowest BCUT2D eigenvalue weighted by Crippen LogP contribution is -2.27. The lowest BCUT2D eigenvalue weighted by atomic mass is 10.0. The number of methoxy groups -OCH3 is 1. The minimum atomic E-state index is -0.663. The van der Waals surface area contributed by atoms with E-state index >= 15 is 0 Å². The summed E-state index contributed by atoms with van der Waals surface area (Å²) in [6.07, 6.45) is 2.36. The highest BCUT2D eigenvalue weighted by molar-refractivity contribution is 6.07. The van der Waals surface area contributed by atoms with Gasteiger partial charge in [-0.25, -0.2) is 24.1 Å². The predicted octanol–water partition coefficient (Wildman–Crippen LogP) is 7.21. The number of nitrogens with zero attached hydrogens (tertiary/aromatic N) is 3. The van der Waals surface area contributed by atoms with Gasteiger partial charge in [-0.05, 0) is 87.9 Å². The molecule has 0 atom stereocenters. The topological polar surface area (TPSA) is 134 Å². The minimum absolute atomic E-state index is 0.0886. The number of halogens is 1. The first-order valence-electron chi connectivity index (χ1n) is 14.7. The molecule has 0 unspecified atom stereocenters. The largest absolute Gasteiger partial charge is 0.490 e. The Kier molecular flexibility index (Phi) is 9.79. The summed E-state index contributed by atoms with van der Waals surface area (Å²) in [7, 11) is 1.36. The molecule has 2 amide bonds. The van der Waals surface area contributed by atoms with Crippen molar-refractivity contribution in [3.05, 3.63) is 96.3 Å². The fourth-order valence-electron chi connectivity index (χ4n) is 4.59. The Morgan fingerprint density at radius 1 is 0.851 bits per heavy atom. The number of carbonyl (C=O) groups is 2. The van der Waals surface area contributed by atoms with Crippen molar-refractivity contribution in [3.8, 4) is 28.5 Å². The number of anilines is 2. The second kappa shape index (κ2) is 14.1. The van der Waals surface area contributed by atoms with Crippen LogP contribution in [0.15, 0.2) is 79.3 Å². The first kappa shape index (κ1) is 32.6. The zero-order valence-electron chi connectivity index (χ0n) is 26.6. The molecular formula is C35H34FN5O6. The molecule has 0 aliphatic heterocycles. The van der Waals surface area contributed by atoms with Gasteiger partial charge in [0.05, 0.1) is 18.5 Å². The number of hydrogen-bond donors (Lipinski definition) is 2. The van der Waals surface area contributed by atoms with Crippen LogP contribution in [-0.2, 0) is 4.74 Å². The summed E-state index contributed by atoms with van der Waals surface area (Å²) in [5.74, 6) is -0.0147. The third-order valence-electron chi connectivity index (χ3n) is 6.77. The molecule has 0 bridgehead atoms. The first-order chi connectivity index (χ1) is 22.5. The summed E-state index contributed by atoms with van der Waals surface area (Å²) < 4.78 is 36.6. The van der Waals surface area contributed by atoms with Gasteiger partial charge in [0.1, 0.15) is 42.2 Å². The van der Waals surface area contributed by atoms with E-state index in [-0.39, 0.29) is 25.0 Å². The number of fused-ring (bicyclic) bond motifs is 1. The Morgan fingerprint density at radius 3 is 2.23 bits per heavy atom. The molecule has 0 fully saturated rings. The number of amides is 2. The van der Waals surface area contributed by atoms with E-state index in [1.54, 1.807) is 75.4 Å². The molecule has 0 radical (unpaired) electrons. The van der Waals surface area contributed by atoms with Gasteiger partial charge in [-0.1, -0.05) is 12.1 Å². The highest BCUT2D eigenvalue weighted by Gasteiger charge is 2.18. The third-order valence-corrected chi connectivity index (χ3v) is 6.77. The number of nitrogens with one attached hydrogen (secondary N) is 2. The van der Waals surface area contributed by atoms with Crippen LogP contribution in [0.5, 0.6) is 17.4 Å². The Morgan fingerprint density at radius 2 is 1.55 bits per heavy atom. The van der Waals surface area contributed by atoms with Gasteiger partial charge >= 0.3 is 6.09 Å². The molecular weight excluding hydrogens is 605 g/mol. The van der Waals surface area contributed by atoms with Gasteiger partial charge in [0.15, 0.2) is 5.82 Å². The molecule has 3 aromatic carbocycles. The SMILES string of the molecule is COc1ncc(-c2cc(OCCOc3ccc(C(=O)Nc4ccccc4NC(=O)OC(C)(C)C)cc3)c3ncnc(C)c3c2)cc1F. The number of benzene rings is 3. The van der Waals surface area contributed by atoms with Crippen molar-refractivity contribution in [2.45, 2.75) is 33.3 Å². The number of aromatic nitrogens is 3. The van der Waals surface area contributed by atoms with E-state index in [9.17, 15) is 14.0 Å². The summed E-state index contributed by atoms with van der Waals surface area (Å²) in [5.41, 5.74) is 3.13. The van der Waals surface area contributed by atoms with Gasteiger partial charge in [0, 0.05) is 28.4 Å². The summed E-state index contributed by atoms with van der Waals surface area (Å²) in [5, 5.41) is 6.24. The van der Waals surface area contributed by atoms with E-state index in [1.165, 1.54) is 25.7 Å². The van der Waals surface area contributed by atoms with Gasteiger partial charge in [-0.2, -0.15) is 0 Å². The molecule has 11 nitrogen and oxygen atoms in total. The molecule has 0 saturated heterocycles. The van der Waals surface area contributed by atoms with E-state index in [0.29, 0.717) is 45.1 Å². The van der Waals surface area contributed by atoms with Gasteiger partial charge in [-0.3, -0.25) is 10.1 Å². The highest BCUT2D eigenvalue weighted by atomic mass is 19.1. The second-order valence-electron chi connectivity index (χ2n) is 11.4. The van der Waals surface area contributed by atoms with Crippen LogP contribution in [0.25, 0.3) is 22.0 Å². The van der Waals surface area contributed by atoms with E-state index < -0.39 is 17.5 Å². The molecule has 2 aromatic heterocycles. The summed E-state index contributed by atoms with van der Waals surface area (Å²) in [6.45, 7) is 7.54. The number of rotatable bonds is 10. The first-order valence-corrected chi connectivity index (χ1v) is 14.7. The van der Waals surface area contributed by atoms with Crippen LogP contribution in [0.2, 0.25) is 0 Å². The van der Waals surface area contributed by atoms with Crippen LogP contribution in [0, 0.1) is 12.7 Å². The molecule has 0 saturated carbocycles. The van der Waals surface area contributed by atoms with Crippen molar-refractivity contribution in [3.63, 3.8) is 0 Å². The fraction of sp³-hybridized carbons (Fsp3) is 0.229. The van der Waals surface area contributed by atoms with Crippen molar-refractivity contribution in [2.24, 2.45) is 0 Å². The Labute approximate surface area is 271 Å². The van der Waals surface area contributed by atoms with Crippen LogP contribution in [-0.4, -0.2) is 52.9 Å². The van der Waals surface area contributed by atoms with Crippen LogP contribution in [0.3, 0.4) is 0 Å². The smallest absolute Gasteiger partial charge is 0.412 e. The van der Waals surface area contributed by atoms with Crippen molar-refractivity contribution in [1.29, 1.82) is 0 Å². The minimum Gasteiger partial charge on any atom is -0.490 e. The average Bonchev–Trinajstić information content (AvgIpc) is 3.03. The number of carbonyl (C=O) groups excluding carboxylic acids is 2. The molecule has 0 aliphatic rings. The monoisotopic (exact) mass is 639 g/mol. The van der Waals surface area contributed by atoms with Gasteiger partial charge in [0.2, 0.25) is 5.88 Å². The van der Waals surface area contributed by atoms with Crippen molar-refractivity contribution in [1.82, 2.24) is 15.0 Å². The van der Waals surface area contributed by atoms with Crippen LogP contribution < -0.4 is 24.8 Å². The number of para-hydroxylation sites is 2. The van der Waals surface area contributed by atoms with E-state index in [0.717, 1.165) is 11.1 Å². The summed E-state index contributed by atoms with van der Waals surface area (Å²) in [6, 6.07) is 18.4. The number of pyridine rings is 1. The van der Waals surface area contributed by atoms with Crippen LogP contribution in [0.4, 0.5) is 20.6 Å². The molecule has 12 heteroatoms. The molecule has 2 N–H and O–H groups in total. The maximum Gasteiger partial charge on any atom is 0.412 e. The van der Waals surface area contributed by atoms with Crippen LogP contribution >= 0.6 is 0 Å². The molecule has 0 spiro atoms. The van der Waals surface area contributed by atoms with E-state index in [4.69, 9.17) is 18.9 Å². The standard InChI is InChI=1S/C35H34FN5O6/c1-21-26-16-23(24-17-27(36)33(44-5)37-19-24)18-30(31(26)39-20-38-21)46-15-14-45-25-12-10-22(11-13-25)32(42)40-28-8-6-7-9-29(28)41-34(43)47-35(2,3)4/h6-13,16-20H,14-15H2,1-5H3,(H,40,42)(H,41,43). The zero-order chi connectivity index (χ0) is 33.6. The molecule has 2 heterocycles. The van der Waals surface area contributed by atoms with Crippen LogP contribution in [0.1, 0.15) is 36.8 Å². The van der Waals surface area contributed by atoms with Crippen molar-refractivity contribution in [2.75, 3.05) is 31.0 Å². The normalized spacial score (nSPS) is 11.1. The molecule has 0 aliphatic carbocycles. The Hall–Kier alpha value is -5.78. The lowest BCUT2D eigenvalue weighted by Gasteiger charge is -2.20. The second-order valence-corrected chi connectivity index (χ2v) is 11.4. The van der Waals surface area contributed by atoms with Gasteiger partial charge < -0.3 is 24.3 Å². The van der Waals surface area contributed by atoms with Crippen molar-refractivity contribution >= 4 is 34.3 Å². The maximum absolute atomic E-state index is 14.4. The zero-order valence-corrected chi connectivity index (χ0v) is 26.6. The molecule has 5 rings (SSSR count). The summed E-state index contributed by atoms with van der Waals surface area (Å²) in [4.78, 5) is 37.9. The number of aryl methyl sites for hydroxylation is 1. The third kappa shape index (κ3) is 8.28. The van der Waals surface area contributed by atoms with E-state index in [2.05, 4.69) is 25.6 Å². The van der Waals surface area contributed by atoms with Gasteiger partial charge in [0.25, 0.3) is 5.91 Å². The molecule has 242 valence electrons. The quantitative estimate of drug-likeness (QED) is 0.152. The molecule has 47 heavy (non-hydrogen) atoms. The molecule has 5 aromatic rings. The lowest BCUT2D eigenvalue weighted by molar-refractivity contribution is 0.0635. The highest BCUT2D eigenvalue weighted by Crippen LogP contribution is 2.33. The maximum atomic E-state index is 14.4. The van der Waals surface area contributed by atoms with E-state index in [1.807, 2.05) is 13.0 Å². The summed E-state index contributed by atoms with van der Waals surface area (Å²) >= 11 is 0. The number of ether oxygens (including phenoxy) is 4. The Bertz CT molecular complexity index is 1910. The average molecular weight is 640 g/mol.